The van der Waals surface area contributed by atoms with Gasteiger partial charge in [0.1, 0.15) is 24.0 Å². The quantitative estimate of drug-likeness (QED) is 0.278. The van der Waals surface area contributed by atoms with Gasteiger partial charge in [-0.05, 0) is 48.6 Å². The summed E-state index contributed by atoms with van der Waals surface area (Å²) in [5.74, 6) is -2.31. The number of nitrogens with one attached hydrogen (secondary N) is 3. The predicted octanol–water partition coefficient (Wildman–Crippen LogP) is 2.68. The molecule has 3 atom stereocenters. The third-order valence-corrected chi connectivity index (χ3v) is 7.45. The Balaban J connectivity index is 1.51. The fourth-order valence-electron chi connectivity index (χ4n) is 4.97. The van der Waals surface area contributed by atoms with Gasteiger partial charge in [-0.3, -0.25) is 19.2 Å². The average molecular weight is 572 g/mol. The van der Waals surface area contributed by atoms with Crippen LogP contribution in [0.4, 0.5) is 0 Å². The highest BCUT2D eigenvalue weighted by Gasteiger charge is 2.37. The first-order valence-electron chi connectivity index (χ1n) is 12.8. The number of carbonyl (C=O) groups excluding carboxylic acids is 4. The summed E-state index contributed by atoms with van der Waals surface area (Å²) in [4.78, 5) is 56.3. The molecule has 0 unspecified atom stereocenters. The highest BCUT2D eigenvalue weighted by atomic mass is 35.5. The van der Waals surface area contributed by atoms with E-state index in [0.29, 0.717) is 24.4 Å². The molecule has 2 aromatic carbocycles. The van der Waals surface area contributed by atoms with E-state index in [1.54, 1.807) is 30.5 Å². The Morgan fingerprint density at radius 1 is 1.00 bits per heavy atom. The van der Waals surface area contributed by atoms with Gasteiger partial charge in [-0.2, -0.15) is 0 Å². The normalized spacial score (nSPS) is 16.9. The molecule has 1 fully saturated rings. The van der Waals surface area contributed by atoms with E-state index >= 15 is 0 Å². The van der Waals surface area contributed by atoms with E-state index < -0.39 is 41.8 Å². The van der Waals surface area contributed by atoms with Crippen LogP contribution in [0.5, 0.6) is 0 Å². The lowest BCUT2D eigenvalue weighted by Crippen LogP contribution is -2.60. The third-order valence-electron chi connectivity index (χ3n) is 6.96. The van der Waals surface area contributed by atoms with E-state index in [9.17, 15) is 19.2 Å². The highest BCUT2D eigenvalue weighted by Crippen LogP contribution is 2.22. The van der Waals surface area contributed by atoms with E-state index in [0.717, 1.165) is 28.5 Å². The van der Waals surface area contributed by atoms with Crippen molar-refractivity contribution < 1.29 is 19.2 Å². The van der Waals surface area contributed by atoms with E-state index in [-0.39, 0.29) is 18.7 Å². The Morgan fingerprint density at radius 2 is 1.74 bits per heavy atom. The van der Waals surface area contributed by atoms with Crippen LogP contribution in [-0.2, 0) is 32.0 Å². The minimum atomic E-state index is -0.962. The van der Waals surface area contributed by atoms with Gasteiger partial charge in [0.25, 0.3) is 0 Å². The van der Waals surface area contributed by atoms with Crippen LogP contribution in [0.15, 0.2) is 54.7 Å². The molecule has 11 heteroatoms. The zero-order chi connectivity index (χ0) is 27.9. The number of amides is 4. The molecule has 0 aliphatic carbocycles. The molecular formula is C28H31Cl2N5O4. The number of aromatic amines is 1. The summed E-state index contributed by atoms with van der Waals surface area (Å²) in [6, 6.07) is 11.9. The zero-order valence-electron chi connectivity index (χ0n) is 21.3. The van der Waals surface area contributed by atoms with Gasteiger partial charge in [0, 0.05) is 41.5 Å². The van der Waals surface area contributed by atoms with Crippen molar-refractivity contribution in [2.75, 3.05) is 12.4 Å². The number of nitrogens with two attached hydrogens (primary N) is 1. The highest BCUT2D eigenvalue weighted by molar-refractivity contribution is 6.30. The number of carbonyl (C=O) groups is 4. The molecule has 2 heterocycles. The summed E-state index contributed by atoms with van der Waals surface area (Å²) in [5.41, 5.74) is 8.22. The molecule has 206 valence electrons. The fourth-order valence-corrected chi connectivity index (χ4v) is 5.17. The average Bonchev–Trinajstić information content (AvgIpc) is 3.35. The SMILES string of the molecule is NC(=O)[C@H](Cc1c[nH]c2ccccc12)NC(=O)[C@@H]1CCCCN1C(=O)[C@H](Cc1ccc(Cl)cc1)NC(=O)CCl. The van der Waals surface area contributed by atoms with Crippen molar-refractivity contribution in [3.63, 3.8) is 0 Å². The van der Waals surface area contributed by atoms with E-state index in [2.05, 4.69) is 15.6 Å². The minimum absolute atomic E-state index is 0.202. The molecule has 1 aliphatic heterocycles. The third kappa shape index (κ3) is 7.10. The lowest BCUT2D eigenvalue weighted by Gasteiger charge is -2.37. The van der Waals surface area contributed by atoms with Crippen molar-refractivity contribution in [3.8, 4) is 0 Å². The van der Waals surface area contributed by atoms with Gasteiger partial charge in [-0.1, -0.05) is 41.9 Å². The van der Waals surface area contributed by atoms with Gasteiger partial charge in [0.2, 0.25) is 23.6 Å². The maximum absolute atomic E-state index is 13.7. The Labute approximate surface area is 236 Å². The van der Waals surface area contributed by atoms with Crippen LogP contribution in [-0.4, -0.2) is 64.1 Å². The van der Waals surface area contributed by atoms with Gasteiger partial charge in [0.15, 0.2) is 0 Å². The fraction of sp³-hybridized carbons (Fsp3) is 0.357. The maximum atomic E-state index is 13.7. The van der Waals surface area contributed by atoms with Gasteiger partial charge in [-0.15, -0.1) is 11.6 Å². The second kappa shape index (κ2) is 13.0. The zero-order valence-corrected chi connectivity index (χ0v) is 22.8. The number of aromatic nitrogens is 1. The number of H-pyrrole nitrogens is 1. The number of piperidine rings is 1. The van der Waals surface area contributed by atoms with Crippen LogP contribution < -0.4 is 16.4 Å². The maximum Gasteiger partial charge on any atom is 0.246 e. The molecule has 3 aromatic rings. The number of halogens is 2. The number of rotatable bonds is 10. The molecule has 0 radical (unpaired) electrons. The monoisotopic (exact) mass is 571 g/mol. The van der Waals surface area contributed by atoms with Gasteiger partial charge in [-0.25, -0.2) is 0 Å². The van der Waals surface area contributed by atoms with Gasteiger partial charge in [0.05, 0.1) is 0 Å². The van der Waals surface area contributed by atoms with E-state index in [4.69, 9.17) is 28.9 Å². The van der Waals surface area contributed by atoms with Crippen molar-refractivity contribution in [2.24, 2.45) is 5.73 Å². The molecule has 9 nitrogen and oxygen atoms in total. The van der Waals surface area contributed by atoms with Crippen LogP contribution >= 0.6 is 23.2 Å². The Morgan fingerprint density at radius 3 is 2.46 bits per heavy atom. The van der Waals surface area contributed by atoms with E-state index in [1.165, 1.54) is 4.90 Å². The largest absolute Gasteiger partial charge is 0.368 e. The number of primary amides is 1. The number of para-hydroxylation sites is 1. The molecule has 1 saturated heterocycles. The first-order valence-corrected chi connectivity index (χ1v) is 13.7. The minimum Gasteiger partial charge on any atom is -0.368 e. The Hall–Kier alpha value is -3.56. The van der Waals surface area contributed by atoms with Crippen molar-refractivity contribution in [1.29, 1.82) is 0 Å². The lowest BCUT2D eigenvalue weighted by molar-refractivity contribution is -0.145. The van der Waals surface area contributed by atoms with Crippen LogP contribution in [0.2, 0.25) is 5.02 Å². The van der Waals surface area contributed by atoms with Crippen LogP contribution in [0.25, 0.3) is 10.9 Å². The van der Waals surface area contributed by atoms with Gasteiger partial charge >= 0.3 is 0 Å². The lowest BCUT2D eigenvalue weighted by atomic mass is 9.97. The number of fused-ring (bicyclic) bond motifs is 1. The molecule has 1 aliphatic rings. The summed E-state index contributed by atoms with van der Waals surface area (Å²) in [7, 11) is 0. The van der Waals surface area contributed by atoms with Crippen LogP contribution in [0.1, 0.15) is 30.4 Å². The van der Waals surface area contributed by atoms with Crippen molar-refractivity contribution in [1.82, 2.24) is 20.5 Å². The summed E-state index contributed by atoms with van der Waals surface area (Å²) in [6.07, 6.45) is 4.07. The second-order valence-electron chi connectivity index (χ2n) is 9.65. The molecule has 5 N–H and O–H groups in total. The number of nitrogens with zero attached hydrogens (tertiary/aromatic N) is 1. The number of hydrogen-bond acceptors (Lipinski definition) is 4. The summed E-state index contributed by atoms with van der Waals surface area (Å²) in [5, 5.41) is 6.95. The molecule has 0 saturated carbocycles. The molecule has 39 heavy (non-hydrogen) atoms. The van der Waals surface area contributed by atoms with Gasteiger partial charge < -0.3 is 26.3 Å². The topological polar surface area (TPSA) is 137 Å². The molecule has 4 amide bonds. The predicted molar refractivity (Wildman–Crippen MR) is 150 cm³/mol. The molecule has 1 aromatic heterocycles. The number of hydrogen-bond donors (Lipinski definition) is 4. The molecule has 4 rings (SSSR count). The van der Waals surface area contributed by atoms with Crippen LogP contribution in [0, 0.1) is 0 Å². The summed E-state index contributed by atoms with van der Waals surface area (Å²) >= 11 is 11.7. The van der Waals surface area contributed by atoms with Crippen molar-refractivity contribution >= 4 is 57.7 Å². The molecule has 0 bridgehead atoms. The van der Waals surface area contributed by atoms with Crippen molar-refractivity contribution in [2.45, 2.75) is 50.2 Å². The second-order valence-corrected chi connectivity index (χ2v) is 10.4. The van der Waals surface area contributed by atoms with Crippen LogP contribution in [0.3, 0.4) is 0 Å². The number of benzene rings is 2. The summed E-state index contributed by atoms with van der Waals surface area (Å²) in [6.45, 7) is 0.342. The molecule has 0 spiro atoms. The Bertz CT molecular complexity index is 1340. The first kappa shape index (κ1) is 28.4. The van der Waals surface area contributed by atoms with E-state index in [1.807, 2.05) is 24.3 Å². The smallest absolute Gasteiger partial charge is 0.246 e. The Kier molecular flexibility index (Phi) is 9.48. The molecular weight excluding hydrogens is 541 g/mol. The number of alkyl halides is 1. The standard InChI is InChI=1S/C28H31Cl2N5O4/c29-15-25(36)33-23(13-17-8-10-19(30)11-9-17)28(39)35-12-4-3-7-24(35)27(38)34-22(26(31)37)14-18-16-32-21-6-2-1-5-20(18)21/h1-2,5-6,8-11,16,22-24,32H,3-4,7,12-15H2,(H2,31,37)(H,33,36)(H,34,38)/t22-,23-,24-/m0/s1. The number of likely N-dealkylation sites (tertiary alicyclic amines) is 1. The first-order chi connectivity index (χ1) is 18.8. The summed E-state index contributed by atoms with van der Waals surface area (Å²) < 4.78 is 0. The van der Waals surface area contributed by atoms with Crippen molar-refractivity contribution in [3.05, 3.63) is 70.9 Å².